The molecule has 3 rings (SSSR count). The number of benzene rings is 2. The summed E-state index contributed by atoms with van der Waals surface area (Å²) in [4.78, 5) is 23.7. The van der Waals surface area contributed by atoms with Gasteiger partial charge in [-0.05, 0) is 42.8 Å². The number of carbonyl (C=O) groups is 2. The highest BCUT2D eigenvalue weighted by atomic mass is 32.1. The molecule has 122 valence electrons. The summed E-state index contributed by atoms with van der Waals surface area (Å²) < 4.78 is 8.23. The molecule has 2 amide bonds. The lowest BCUT2D eigenvalue weighted by Crippen LogP contribution is -2.26. The van der Waals surface area contributed by atoms with Crippen LogP contribution in [0.1, 0.15) is 39.2 Å². The van der Waals surface area contributed by atoms with E-state index in [9.17, 15) is 9.59 Å². The molecule has 3 aromatic rings. The van der Waals surface area contributed by atoms with Crippen LogP contribution in [0.4, 0.5) is 0 Å². The molecular weight excluding hydrogens is 328 g/mol. The van der Waals surface area contributed by atoms with Gasteiger partial charge >= 0.3 is 0 Å². The van der Waals surface area contributed by atoms with Gasteiger partial charge in [0.1, 0.15) is 11.0 Å². The number of rotatable bonds is 4. The van der Waals surface area contributed by atoms with Crippen molar-refractivity contribution in [2.24, 2.45) is 0 Å². The van der Waals surface area contributed by atoms with E-state index in [-0.39, 0.29) is 11.9 Å². The van der Waals surface area contributed by atoms with E-state index in [1.54, 1.807) is 47.9 Å². The number of fused-ring (bicyclic) bond motifs is 1. The first-order valence-corrected chi connectivity index (χ1v) is 7.89. The number of carbonyl (C=O) groups excluding carboxylic acids is 2. The first kappa shape index (κ1) is 16.0. The summed E-state index contributed by atoms with van der Waals surface area (Å²) in [6.45, 7) is 1.85. The third-order valence-corrected chi connectivity index (χ3v) is 4.19. The highest BCUT2D eigenvalue weighted by Crippen LogP contribution is 2.17. The molecule has 1 heterocycles. The summed E-state index contributed by atoms with van der Waals surface area (Å²) in [6.07, 6.45) is 0. The summed E-state index contributed by atoms with van der Waals surface area (Å²) >= 11 is 1.11. The average molecular weight is 342 g/mol. The quantitative estimate of drug-likeness (QED) is 0.498. The molecule has 8 heteroatoms. The van der Waals surface area contributed by atoms with Crippen LogP contribution in [0.5, 0.6) is 0 Å². The lowest BCUT2D eigenvalue weighted by Gasteiger charge is -2.14. The second-order valence-corrected chi connectivity index (χ2v) is 5.75. The number of aromatic nitrogens is 2. The van der Waals surface area contributed by atoms with Crippen molar-refractivity contribution in [3.8, 4) is 0 Å². The van der Waals surface area contributed by atoms with Gasteiger partial charge in [-0.1, -0.05) is 12.1 Å². The third kappa shape index (κ3) is 3.24. The largest absolute Gasteiger partial charge is 0.346 e. The molecule has 0 saturated heterocycles. The number of nitrogens with zero attached hydrogens (tertiary/aromatic N) is 2. The van der Waals surface area contributed by atoms with Crippen LogP contribution in [-0.2, 0) is 0 Å². The second kappa shape index (κ2) is 6.73. The zero-order valence-corrected chi connectivity index (χ0v) is 13.5. The molecule has 0 aliphatic carbocycles. The first-order chi connectivity index (χ1) is 11.6. The van der Waals surface area contributed by atoms with Gasteiger partial charge in [-0.2, -0.15) is 8.75 Å². The molecule has 0 spiro atoms. The average Bonchev–Trinajstić information content (AvgIpc) is 3.08. The lowest BCUT2D eigenvalue weighted by molar-refractivity contribution is 0.0706. The summed E-state index contributed by atoms with van der Waals surface area (Å²) in [5.74, 6) is -0.794. The highest BCUT2D eigenvalue weighted by molar-refractivity contribution is 7.00. The van der Waals surface area contributed by atoms with E-state index in [0.717, 1.165) is 22.8 Å². The first-order valence-electron chi connectivity index (χ1n) is 7.16. The van der Waals surface area contributed by atoms with Crippen molar-refractivity contribution in [1.29, 1.82) is 0 Å². The topological polar surface area (TPSA) is 104 Å². The fourth-order valence-electron chi connectivity index (χ4n) is 2.27. The van der Waals surface area contributed by atoms with Crippen molar-refractivity contribution < 1.29 is 14.8 Å². The molecule has 0 fully saturated rings. The van der Waals surface area contributed by atoms with E-state index < -0.39 is 5.91 Å². The summed E-state index contributed by atoms with van der Waals surface area (Å²) in [6, 6.07) is 11.5. The monoisotopic (exact) mass is 342 g/mol. The van der Waals surface area contributed by atoms with E-state index in [0.29, 0.717) is 16.6 Å². The van der Waals surface area contributed by atoms with Gasteiger partial charge in [0, 0.05) is 11.1 Å². The number of hydroxylamine groups is 1. The van der Waals surface area contributed by atoms with E-state index in [4.69, 9.17) is 5.21 Å². The number of amides is 2. The predicted molar refractivity (Wildman–Crippen MR) is 89.0 cm³/mol. The van der Waals surface area contributed by atoms with Crippen molar-refractivity contribution in [3.63, 3.8) is 0 Å². The van der Waals surface area contributed by atoms with Crippen molar-refractivity contribution in [1.82, 2.24) is 19.5 Å². The zero-order valence-electron chi connectivity index (χ0n) is 12.7. The lowest BCUT2D eigenvalue weighted by atomic mass is 10.1. The zero-order chi connectivity index (χ0) is 17.1. The van der Waals surface area contributed by atoms with E-state index in [2.05, 4.69) is 14.1 Å². The van der Waals surface area contributed by atoms with Gasteiger partial charge in [0.05, 0.1) is 17.8 Å². The van der Waals surface area contributed by atoms with E-state index in [1.807, 2.05) is 6.92 Å². The van der Waals surface area contributed by atoms with Gasteiger partial charge in [0.25, 0.3) is 11.8 Å². The van der Waals surface area contributed by atoms with Gasteiger partial charge in [0.2, 0.25) is 0 Å². The van der Waals surface area contributed by atoms with Crippen LogP contribution in [-0.4, -0.2) is 25.8 Å². The van der Waals surface area contributed by atoms with Crippen LogP contribution in [0.25, 0.3) is 11.0 Å². The Kier molecular flexibility index (Phi) is 4.50. The van der Waals surface area contributed by atoms with E-state index in [1.165, 1.54) is 0 Å². The Morgan fingerprint density at radius 2 is 1.67 bits per heavy atom. The molecule has 7 nitrogen and oxygen atoms in total. The number of hydrogen-bond donors (Lipinski definition) is 3. The van der Waals surface area contributed by atoms with Gasteiger partial charge < -0.3 is 5.32 Å². The Bertz CT molecular complexity index is 892. The number of nitrogens with one attached hydrogen (secondary N) is 2. The molecule has 0 radical (unpaired) electrons. The molecule has 0 saturated carbocycles. The van der Waals surface area contributed by atoms with Gasteiger partial charge in [-0.25, -0.2) is 5.48 Å². The van der Waals surface area contributed by atoms with Crippen molar-refractivity contribution in [2.75, 3.05) is 0 Å². The van der Waals surface area contributed by atoms with Crippen LogP contribution in [0.15, 0.2) is 42.5 Å². The van der Waals surface area contributed by atoms with Crippen LogP contribution < -0.4 is 10.8 Å². The van der Waals surface area contributed by atoms with Crippen LogP contribution in [0, 0.1) is 0 Å². The van der Waals surface area contributed by atoms with Gasteiger partial charge in [-0.15, -0.1) is 0 Å². The molecule has 1 atom stereocenters. The fourth-order valence-corrected chi connectivity index (χ4v) is 2.79. The molecule has 1 aromatic heterocycles. The van der Waals surface area contributed by atoms with Crippen molar-refractivity contribution in [2.45, 2.75) is 13.0 Å². The predicted octanol–water partition coefficient (Wildman–Crippen LogP) is 2.30. The second-order valence-electron chi connectivity index (χ2n) is 5.23. The number of hydrogen-bond acceptors (Lipinski definition) is 6. The molecule has 1 unspecified atom stereocenters. The Labute approximate surface area is 141 Å². The maximum absolute atomic E-state index is 12.4. The van der Waals surface area contributed by atoms with Crippen molar-refractivity contribution in [3.05, 3.63) is 59.2 Å². The van der Waals surface area contributed by atoms with Crippen LogP contribution in [0.2, 0.25) is 0 Å². The normalized spacial score (nSPS) is 11.9. The third-order valence-electron chi connectivity index (χ3n) is 3.64. The Balaban J connectivity index is 1.72. The SMILES string of the molecule is CC(NC(=O)c1ccc2nsnc2c1)c1ccc(C(=O)NO)cc1. The maximum atomic E-state index is 12.4. The maximum Gasteiger partial charge on any atom is 0.274 e. The smallest absolute Gasteiger partial charge is 0.274 e. The standard InChI is InChI=1S/C16H14N4O3S/c1-9(10-2-4-11(5-3-10)16(22)18-23)17-15(21)12-6-7-13-14(8-12)20-24-19-13/h2-9,23H,1H3,(H,17,21)(H,18,22). The Morgan fingerprint density at radius 3 is 2.38 bits per heavy atom. The molecule has 2 aromatic carbocycles. The fraction of sp³-hybridized carbons (Fsp3) is 0.125. The molecule has 0 aliphatic rings. The molecule has 0 aliphatic heterocycles. The summed E-state index contributed by atoms with van der Waals surface area (Å²) in [7, 11) is 0. The molecule has 3 N–H and O–H groups in total. The summed E-state index contributed by atoms with van der Waals surface area (Å²) in [5, 5.41) is 11.5. The van der Waals surface area contributed by atoms with Crippen molar-refractivity contribution >= 4 is 34.6 Å². The highest BCUT2D eigenvalue weighted by Gasteiger charge is 2.13. The molecular formula is C16H14N4O3S. The van der Waals surface area contributed by atoms with Gasteiger partial charge in [-0.3, -0.25) is 14.8 Å². The Hall–Kier alpha value is -2.84. The molecule has 0 bridgehead atoms. The molecule has 24 heavy (non-hydrogen) atoms. The van der Waals surface area contributed by atoms with Crippen LogP contribution in [0.3, 0.4) is 0 Å². The minimum absolute atomic E-state index is 0.213. The van der Waals surface area contributed by atoms with Crippen LogP contribution >= 0.6 is 11.7 Å². The minimum Gasteiger partial charge on any atom is -0.346 e. The minimum atomic E-state index is -0.580. The Morgan fingerprint density at radius 1 is 1.00 bits per heavy atom. The van der Waals surface area contributed by atoms with E-state index >= 15 is 0 Å². The van der Waals surface area contributed by atoms with Gasteiger partial charge in [0.15, 0.2) is 0 Å². The summed E-state index contributed by atoms with van der Waals surface area (Å²) in [5.41, 5.74) is 4.73.